The predicted molar refractivity (Wildman–Crippen MR) is 67.0 cm³/mol. The van der Waals surface area contributed by atoms with Gasteiger partial charge in [-0.2, -0.15) is 0 Å². The minimum atomic E-state index is -0.481. The molecule has 1 aromatic carbocycles. The number of carbonyl (C=O) groups excluding carboxylic acids is 1. The highest BCUT2D eigenvalue weighted by Crippen LogP contribution is 2.34. The van der Waals surface area contributed by atoms with Gasteiger partial charge in [-0.15, -0.1) is 0 Å². The maximum absolute atomic E-state index is 13.6. The summed E-state index contributed by atoms with van der Waals surface area (Å²) in [6.07, 6.45) is 1.69. The van der Waals surface area contributed by atoms with Crippen LogP contribution in [-0.2, 0) is 11.2 Å². The fourth-order valence-corrected chi connectivity index (χ4v) is 2.07. The van der Waals surface area contributed by atoms with Crippen LogP contribution in [0.5, 0.6) is 0 Å². The highest BCUT2D eigenvalue weighted by molar-refractivity contribution is 6.30. The van der Waals surface area contributed by atoms with Crippen LogP contribution in [-0.4, -0.2) is 23.2 Å². The third kappa shape index (κ3) is 2.65. The zero-order chi connectivity index (χ0) is 13.3. The lowest BCUT2D eigenvalue weighted by Gasteiger charge is -2.15. The Kier molecular flexibility index (Phi) is 3.59. The number of halogens is 2. The van der Waals surface area contributed by atoms with Crippen molar-refractivity contribution in [3.05, 3.63) is 34.1 Å². The summed E-state index contributed by atoms with van der Waals surface area (Å²) in [6.45, 7) is 1.55. The number of amides is 1. The quantitative estimate of drug-likeness (QED) is 0.880. The monoisotopic (exact) mass is 271 g/mol. The van der Waals surface area contributed by atoms with Crippen molar-refractivity contribution in [3.63, 3.8) is 0 Å². The van der Waals surface area contributed by atoms with E-state index in [0.29, 0.717) is 11.1 Å². The van der Waals surface area contributed by atoms with Crippen molar-refractivity contribution in [2.75, 3.05) is 6.61 Å². The highest BCUT2D eigenvalue weighted by Gasteiger charge is 2.43. The minimum Gasteiger partial charge on any atom is -0.394 e. The molecule has 1 aromatic rings. The molecule has 1 amide bonds. The molecule has 1 fully saturated rings. The molecule has 0 aromatic heterocycles. The summed E-state index contributed by atoms with van der Waals surface area (Å²) >= 11 is 5.65. The number of hydrogen-bond donors (Lipinski definition) is 2. The van der Waals surface area contributed by atoms with E-state index in [1.54, 1.807) is 13.0 Å². The Morgan fingerprint density at radius 3 is 2.78 bits per heavy atom. The summed E-state index contributed by atoms with van der Waals surface area (Å²) in [5, 5.41) is 12.0. The van der Waals surface area contributed by atoms with E-state index in [1.165, 1.54) is 6.07 Å². The Bertz CT molecular complexity index is 486. The first kappa shape index (κ1) is 13.3. The van der Waals surface area contributed by atoms with Gasteiger partial charge in [0.2, 0.25) is 5.91 Å². The summed E-state index contributed by atoms with van der Waals surface area (Å²) in [6, 6.07) is 3.10. The van der Waals surface area contributed by atoms with Crippen LogP contribution in [0.4, 0.5) is 4.39 Å². The summed E-state index contributed by atoms with van der Waals surface area (Å²) in [5.41, 5.74) is 0.574. The molecule has 1 saturated carbocycles. The van der Waals surface area contributed by atoms with Gasteiger partial charge in [-0.3, -0.25) is 4.79 Å². The van der Waals surface area contributed by atoms with Gasteiger partial charge in [0.1, 0.15) is 5.82 Å². The summed E-state index contributed by atoms with van der Waals surface area (Å²) in [4.78, 5) is 11.8. The van der Waals surface area contributed by atoms with Crippen LogP contribution in [0.25, 0.3) is 0 Å². The lowest BCUT2D eigenvalue weighted by Crippen LogP contribution is -2.40. The number of carbonyl (C=O) groups is 1. The second kappa shape index (κ2) is 4.86. The molecule has 2 rings (SSSR count). The van der Waals surface area contributed by atoms with Gasteiger partial charge in [0.05, 0.1) is 23.6 Å². The number of nitrogens with one attached hydrogen (secondary N) is 1. The molecule has 0 spiro atoms. The number of aliphatic hydroxyl groups excluding tert-OH is 1. The Hall–Kier alpha value is -1.13. The van der Waals surface area contributed by atoms with Crippen LogP contribution in [0.3, 0.4) is 0 Å². The van der Waals surface area contributed by atoms with Crippen molar-refractivity contribution >= 4 is 17.5 Å². The molecule has 0 atom stereocenters. The van der Waals surface area contributed by atoms with Gasteiger partial charge in [-0.05, 0) is 37.0 Å². The van der Waals surface area contributed by atoms with Gasteiger partial charge in [-0.1, -0.05) is 17.7 Å². The molecule has 0 unspecified atom stereocenters. The Balaban J connectivity index is 2.06. The first-order valence-electron chi connectivity index (χ1n) is 5.83. The highest BCUT2D eigenvalue weighted by atomic mass is 35.5. The third-order valence-corrected chi connectivity index (χ3v) is 3.66. The van der Waals surface area contributed by atoms with E-state index in [1.807, 2.05) is 0 Å². The average molecular weight is 272 g/mol. The van der Waals surface area contributed by atoms with E-state index in [-0.39, 0.29) is 24.0 Å². The van der Waals surface area contributed by atoms with E-state index in [0.717, 1.165) is 12.8 Å². The van der Waals surface area contributed by atoms with Crippen molar-refractivity contribution < 1.29 is 14.3 Å². The van der Waals surface area contributed by atoms with Gasteiger partial charge in [0, 0.05) is 0 Å². The summed E-state index contributed by atoms with van der Waals surface area (Å²) in [7, 11) is 0. The molecule has 0 bridgehead atoms. The van der Waals surface area contributed by atoms with E-state index in [2.05, 4.69) is 5.32 Å². The zero-order valence-corrected chi connectivity index (χ0v) is 10.9. The maximum Gasteiger partial charge on any atom is 0.224 e. The Morgan fingerprint density at radius 1 is 1.56 bits per heavy atom. The summed E-state index contributed by atoms with van der Waals surface area (Å²) in [5.74, 6) is -0.684. The van der Waals surface area contributed by atoms with Gasteiger partial charge in [0.25, 0.3) is 0 Å². The molecule has 0 radical (unpaired) electrons. The van der Waals surface area contributed by atoms with Crippen LogP contribution < -0.4 is 5.32 Å². The number of hydrogen-bond acceptors (Lipinski definition) is 2. The predicted octanol–water partition coefficient (Wildman–Crippen LogP) is 1.97. The van der Waals surface area contributed by atoms with Crippen molar-refractivity contribution in [2.45, 2.75) is 31.7 Å². The molecular weight excluding hydrogens is 257 g/mol. The van der Waals surface area contributed by atoms with Crippen molar-refractivity contribution in [1.29, 1.82) is 0 Å². The van der Waals surface area contributed by atoms with Crippen molar-refractivity contribution in [3.8, 4) is 0 Å². The molecular formula is C13H15ClFNO2. The topological polar surface area (TPSA) is 49.3 Å². The fourth-order valence-electron chi connectivity index (χ4n) is 1.87. The van der Waals surface area contributed by atoms with E-state index in [4.69, 9.17) is 16.7 Å². The first-order valence-corrected chi connectivity index (χ1v) is 6.20. The lowest BCUT2D eigenvalue weighted by molar-refractivity contribution is -0.121. The molecule has 18 heavy (non-hydrogen) atoms. The van der Waals surface area contributed by atoms with Crippen molar-refractivity contribution in [2.24, 2.45) is 0 Å². The van der Waals surface area contributed by atoms with Crippen LogP contribution in [0, 0.1) is 12.7 Å². The molecule has 5 heteroatoms. The van der Waals surface area contributed by atoms with Crippen LogP contribution >= 0.6 is 11.6 Å². The van der Waals surface area contributed by atoms with Crippen LogP contribution in [0.1, 0.15) is 24.0 Å². The van der Waals surface area contributed by atoms with Gasteiger partial charge in [0.15, 0.2) is 0 Å². The number of aliphatic hydroxyl groups is 1. The molecule has 1 aliphatic carbocycles. The fraction of sp³-hybridized carbons (Fsp3) is 0.462. The average Bonchev–Trinajstić information content (AvgIpc) is 3.10. The lowest BCUT2D eigenvalue weighted by atomic mass is 10.0. The Morgan fingerprint density at radius 2 is 2.22 bits per heavy atom. The van der Waals surface area contributed by atoms with Crippen molar-refractivity contribution in [1.82, 2.24) is 5.32 Å². The zero-order valence-electron chi connectivity index (χ0n) is 10.1. The SMILES string of the molecule is Cc1c(CC(=O)NC2(CO)CC2)ccc(Cl)c1F. The smallest absolute Gasteiger partial charge is 0.224 e. The molecule has 2 N–H and O–H groups in total. The molecule has 0 saturated heterocycles. The van der Waals surface area contributed by atoms with E-state index in [9.17, 15) is 9.18 Å². The van der Waals surface area contributed by atoms with Gasteiger partial charge >= 0.3 is 0 Å². The minimum absolute atomic E-state index is 0.0489. The largest absolute Gasteiger partial charge is 0.394 e. The molecule has 0 aliphatic heterocycles. The molecule has 0 heterocycles. The maximum atomic E-state index is 13.6. The number of benzene rings is 1. The normalized spacial score (nSPS) is 16.4. The van der Waals surface area contributed by atoms with Crippen LogP contribution in [0.15, 0.2) is 12.1 Å². The Labute approximate surface area is 110 Å². The summed E-state index contributed by atoms with van der Waals surface area (Å²) < 4.78 is 13.6. The number of rotatable bonds is 4. The second-order valence-electron chi connectivity index (χ2n) is 4.81. The first-order chi connectivity index (χ1) is 8.47. The molecule has 3 nitrogen and oxygen atoms in total. The standard InChI is InChI=1S/C13H15ClFNO2/c1-8-9(2-3-10(14)12(8)15)6-11(18)16-13(7-17)4-5-13/h2-3,17H,4-7H2,1H3,(H,16,18). The van der Waals surface area contributed by atoms with E-state index >= 15 is 0 Å². The molecule has 1 aliphatic rings. The molecule has 98 valence electrons. The van der Waals surface area contributed by atoms with Crippen LogP contribution in [0.2, 0.25) is 5.02 Å². The third-order valence-electron chi connectivity index (χ3n) is 3.36. The van der Waals surface area contributed by atoms with Gasteiger partial charge in [-0.25, -0.2) is 4.39 Å². The van der Waals surface area contributed by atoms with E-state index < -0.39 is 11.4 Å². The van der Waals surface area contributed by atoms with Gasteiger partial charge < -0.3 is 10.4 Å². The second-order valence-corrected chi connectivity index (χ2v) is 5.22.